The predicted molar refractivity (Wildman–Crippen MR) is 119 cm³/mol. The summed E-state index contributed by atoms with van der Waals surface area (Å²) in [5.74, 6) is -0.169. The second kappa shape index (κ2) is 9.30. The zero-order valence-corrected chi connectivity index (χ0v) is 18.7. The van der Waals surface area contributed by atoms with E-state index in [2.05, 4.69) is 10.0 Å². The molecule has 2 aliphatic rings. The summed E-state index contributed by atoms with van der Waals surface area (Å²) in [6.07, 6.45) is 2.93. The maximum absolute atomic E-state index is 13.1. The van der Waals surface area contributed by atoms with Crippen molar-refractivity contribution in [3.63, 3.8) is 0 Å². The Morgan fingerprint density at radius 2 is 1.94 bits per heavy atom. The highest BCUT2D eigenvalue weighted by Gasteiger charge is 2.31. The van der Waals surface area contributed by atoms with Crippen molar-refractivity contribution in [2.75, 3.05) is 20.2 Å². The van der Waals surface area contributed by atoms with Crippen molar-refractivity contribution in [2.45, 2.75) is 42.7 Å². The van der Waals surface area contributed by atoms with Gasteiger partial charge in [-0.3, -0.25) is 9.59 Å². The quantitative estimate of drug-likeness (QED) is 0.601. The maximum atomic E-state index is 13.1. The second-order valence-corrected chi connectivity index (χ2v) is 9.82. The Bertz CT molecular complexity index is 1100. The van der Waals surface area contributed by atoms with Crippen LogP contribution in [0.3, 0.4) is 0 Å². The van der Waals surface area contributed by atoms with Crippen molar-refractivity contribution in [3.05, 3.63) is 59.7 Å². The Labute approximate surface area is 188 Å². The molecule has 1 aliphatic heterocycles. The van der Waals surface area contributed by atoms with Crippen molar-refractivity contribution in [2.24, 2.45) is 0 Å². The molecule has 9 heteroatoms. The van der Waals surface area contributed by atoms with Crippen molar-refractivity contribution in [1.82, 2.24) is 14.9 Å². The Kier molecular flexibility index (Phi) is 6.48. The summed E-state index contributed by atoms with van der Waals surface area (Å²) in [4.78, 5) is 27.0. The third-order valence-electron chi connectivity index (χ3n) is 5.70. The molecular formula is C23H27N3O5S. The van der Waals surface area contributed by atoms with Gasteiger partial charge in [0, 0.05) is 31.1 Å². The molecule has 2 amide bonds. The summed E-state index contributed by atoms with van der Waals surface area (Å²) >= 11 is 0. The van der Waals surface area contributed by atoms with E-state index in [0.29, 0.717) is 19.5 Å². The van der Waals surface area contributed by atoms with Crippen LogP contribution in [-0.2, 0) is 14.8 Å². The van der Waals surface area contributed by atoms with E-state index in [0.717, 1.165) is 24.8 Å². The third kappa shape index (κ3) is 5.11. The number of sulfonamides is 1. The molecule has 8 nitrogen and oxygen atoms in total. The van der Waals surface area contributed by atoms with Gasteiger partial charge in [-0.05, 0) is 43.0 Å². The van der Waals surface area contributed by atoms with Crippen LogP contribution in [0.1, 0.15) is 47.6 Å². The third-order valence-corrected chi connectivity index (χ3v) is 7.24. The van der Waals surface area contributed by atoms with Crippen molar-refractivity contribution < 1.29 is 22.7 Å². The summed E-state index contributed by atoms with van der Waals surface area (Å²) in [5, 5.41) is 2.98. The minimum Gasteiger partial charge on any atom is -0.495 e. The molecule has 170 valence electrons. The van der Waals surface area contributed by atoms with E-state index < -0.39 is 22.0 Å². The molecule has 0 radical (unpaired) electrons. The van der Waals surface area contributed by atoms with E-state index >= 15 is 0 Å². The average Bonchev–Trinajstić information content (AvgIpc) is 3.51. The lowest BCUT2D eigenvalue weighted by molar-refractivity contribution is -0.128. The number of likely N-dealkylation sites (tertiary alicyclic amines) is 1. The first-order valence-corrected chi connectivity index (χ1v) is 12.2. The van der Waals surface area contributed by atoms with Crippen LogP contribution in [0, 0.1) is 0 Å². The van der Waals surface area contributed by atoms with Crippen LogP contribution in [0.2, 0.25) is 0 Å². The number of carbonyl (C=O) groups excluding carboxylic acids is 2. The van der Waals surface area contributed by atoms with Crippen molar-refractivity contribution in [1.29, 1.82) is 0 Å². The van der Waals surface area contributed by atoms with E-state index in [9.17, 15) is 18.0 Å². The average molecular weight is 458 g/mol. The van der Waals surface area contributed by atoms with Gasteiger partial charge in [-0.15, -0.1) is 0 Å². The van der Waals surface area contributed by atoms with Crippen LogP contribution in [0.15, 0.2) is 53.4 Å². The van der Waals surface area contributed by atoms with E-state index in [1.165, 1.54) is 25.3 Å². The molecule has 1 heterocycles. The van der Waals surface area contributed by atoms with E-state index in [1.54, 1.807) is 4.90 Å². The number of carbonyl (C=O) groups is 2. The van der Waals surface area contributed by atoms with Gasteiger partial charge in [0.2, 0.25) is 15.9 Å². The van der Waals surface area contributed by atoms with Gasteiger partial charge in [0.05, 0.1) is 13.2 Å². The molecule has 0 spiro atoms. The van der Waals surface area contributed by atoms with Gasteiger partial charge in [0.1, 0.15) is 10.6 Å². The number of hydrogen-bond donors (Lipinski definition) is 2. The molecule has 1 unspecified atom stereocenters. The fraction of sp³-hybridized carbons (Fsp3) is 0.391. The summed E-state index contributed by atoms with van der Waals surface area (Å²) in [7, 11) is -2.42. The van der Waals surface area contributed by atoms with E-state index in [1.807, 2.05) is 30.3 Å². The zero-order chi connectivity index (χ0) is 22.7. The van der Waals surface area contributed by atoms with E-state index in [4.69, 9.17) is 4.74 Å². The number of hydrogen-bond acceptors (Lipinski definition) is 5. The molecule has 2 aromatic rings. The van der Waals surface area contributed by atoms with Crippen molar-refractivity contribution >= 4 is 21.8 Å². The topological polar surface area (TPSA) is 105 Å². The second-order valence-electron chi connectivity index (χ2n) is 8.14. The fourth-order valence-electron chi connectivity index (χ4n) is 3.79. The summed E-state index contributed by atoms with van der Waals surface area (Å²) < 4.78 is 33.4. The van der Waals surface area contributed by atoms with Crippen LogP contribution in [0.25, 0.3) is 0 Å². The highest BCUT2D eigenvalue weighted by Crippen LogP contribution is 2.29. The number of methoxy groups -OCH3 is 1. The van der Waals surface area contributed by atoms with Gasteiger partial charge >= 0.3 is 0 Å². The molecule has 2 fully saturated rings. The maximum Gasteiger partial charge on any atom is 0.251 e. The lowest BCUT2D eigenvalue weighted by atomic mass is 10.1. The Morgan fingerprint density at radius 3 is 2.56 bits per heavy atom. The summed E-state index contributed by atoms with van der Waals surface area (Å²) in [6.45, 7) is 1.02. The van der Waals surface area contributed by atoms with Crippen LogP contribution in [0.5, 0.6) is 5.75 Å². The van der Waals surface area contributed by atoms with Gasteiger partial charge in [0.25, 0.3) is 5.91 Å². The first kappa shape index (κ1) is 22.3. The first-order chi connectivity index (χ1) is 15.4. The molecule has 0 aromatic heterocycles. The number of rotatable bonds is 9. The summed E-state index contributed by atoms with van der Waals surface area (Å²) in [5.41, 5.74) is 1.08. The first-order valence-electron chi connectivity index (χ1n) is 10.7. The highest BCUT2D eigenvalue weighted by atomic mass is 32.2. The van der Waals surface area contributed by atoms with Gasteiger partial charge in [-0.1, -0.05) is 30.3 Å². The molecule has 2 aromatic carbocycles. The predicted octanol–water partition coefficient (Wildman–Crippen LogP) is 2.23. The highest BCUT2D eigenvalue weighted by molar-refractivity contribution is 7.89. The van der Waals surface area contributed by atoms with Crippen LogP contribution in [0.4, 0.5) is 0 Å². The van der Waals surface area contributed by atoms with Crippen LogP contribution >= 0.6 is 0 Å². The molecule has 1 atom stereocenters. The number of nitrogens with one attached hydrogen (secondary N) is 2. The Hall–Kier alpha value is -2.91. The van der Waals surface area contributed by atoms with Crippen LogP contribution < -0.4 is 14.8 Å². The molecule has 2 N–H and O–H groups in total. The Balaban J connectivity index is 1.58. The number of benzene rings is 2. The van der Waals surface area contributed by atoms with Gasteiger partial charge in [-0.2, -0.15) is 0 Å². The smallest absolute Gasteiger partial charge is 0.251 e. The standard InChI is InChI=1S/C23H27N3O5S/c1-31-20-12-9-17(14-21(20)32(29,30)25-18-10-11-18)23(28)24-19(16-6-3-2-4-7-16)15-26-13-5-8-22(26)27/h2-4,6-7,9,12,14,18-19,25H,5,8,10-11,13,15H2,1H3,(H,24,28). The molecule has 1 saturated carbocycles. The lowest BCUT2D eigenvalue weighted by Gasteiger charge is -2.25. The molecule has 4 rings (SSSR count). The number of nitrogens with zero attached hydrogens (tertiary/aromatic N) is 1. The minimum absolute atomic E-state index is 0.0643. The molecular weight excluding hydrogens is 430 g/mol. The molecule has 1 saturated heterocycles. The monoisotopic (exact) mass is 457 g/mol. The fourth-order valence-corrected chi connectivity index (χ4v) is 5.29. The molecule has 0 bridgehead atoms. The zero-order valence-electron chi connectivity index (χ0n) is 17.9. The van der Waals surface area contributed by atoms with Gasteiger partial charge in [0.15, 0.2) is 0 Å². The van der Waals surface area contributed by atoms with E-state index in [-0.39, 0.29) is 28.2 Å². The Morgan fingerprint density at radius 1 is 1.19 bits per heavy atom. The minimum atomic E-state index is -3.81. The van der Waals surface area contributed by atoms with Crippen molar-refractivity contribution in [3.8, 4) is 5.75 Å². The summed E-state index contributed by atoms with van der Waals surface area (Å²) in [6, 6.07) is 13.3. The largest absolute Gasteiger partial charge is 0.495 e. The van der Waals surface area contributed by atoms with Gasteiger partial charge in [-0.25, -0.2) is 13.1 Å². The number of amides is 2. The molecule has 1 aliphatic carbocycles. The lowest BCUT2D eigenvalue weighted by Crippen LogP contribution is -2.38. The van der Waals surface area contributed by atoms with Crippen LogP contribution in [-0.4, -0.2) is 51.4 Å². The van der Waals surface area contributed by atoms with Gasteiger partial charge < -0.3 is 15.0 Å². The molecule has 32 heavy (non-hydrogen) atoms. The normalized spacial score (nSPS) is 17.3. The number of ether oxygens (including phenoxy) is 1. The SMILES string of the molecule is COc1ccc(C(=O)NC(CN2CCCC2=O)c2ccccc2)cc1S(=O)(=O)NC1CC1.